The lowest BCUT2D eigenvalue weighted by Crippen LogP contribution is -2.65. The molecule has 0 unspecified atom stereocenters. The highest BCUT2D eigenvalue weighted by atomic mass is 16.8. The Morgan fingerprint density at radius 2 is 1.13 bits per heavy atom. The summed E-state index contributed by atoms with van der Waals surface area (Å²) in [6.07, 6.45) is -2.92. The van der Waals surface area contributed by atoms with E-state index >= 15 is 0 Å². The number of hydrogen-bond acceptors (Lipinski definition) is 10. The van der Waals surface area contributed by atoms with Gasteiger partial charge in [0.1, 0.15) is 42.7 Å². The molecule has 2 rings (SSSR count). The lowest BCUT2D eigenvalue weighted by atomic mass is 9.95. The molecule has 0 amide bonds. The van der Waals surface area contributed by atoms with Crippen LogP contribution in [0.4, 0.5) is 0 Å². The molecule has 10 nitrogen and oxygen atoms in total. The monoisotopic (exact) mass is 450 g/mol. The third-order valence-corrected chi connectivity index (χ3v) is 5.80. The molecule has 2 heterocycles. The van der Waals surface area contributed by atoms with Gasteiger partial charge in [0, 0.05) is 49.8 Å². The molecule has 0 saturated carbocycles. The van der Waals surface area contributed by atoms with E-state index in [0.717, 1.165) is 0 Å². The van der Waals surface area contributed by atoms with Crippen LogP contribution in [0.15, 0.2) is 12.7 Å². The van der Waals surface area contributed by atoms with E-state index in [2.05, 4.69) is 6.58 Å². The fraction of sp³-hybridized carbons (Fsp3) is 0.905. The van der Waals surface area contributed by atoms with Crippen molar-refractivity contribution in [3.8, 4) is 0 Å². The van der Waals surface area contributed by atoms with Gasteiger partial charge >= 0.3 is 0 Å². The van der Waals surface area contributed by atoms with E-state index in [9.17, 15) is 0 Å². The largest absolute Gasteiger partial charge is 0.382 e. The molecule has 10 heteroatoms. The Kier molecular flexibility index (Phi) is 11.3. The van der Waals surface area contributed by atoms with Crippen molar-refractivity contribution in [2.45, 2.75) is 67.8 Å². The summed E-state index contributed by atoms with van der Waals surface area (Å²) in [5.74, 6) is 0. The zero-order valence-corrected chi connectivity index (χ0v) is 19.6. The van der Waals surface area contributed by atoms with Gasteiger partial charge in [0.25, 0.3) is 0 Å². The average Bonchev–Trinajstić information content (AvgIpc) is 2.79. The molecule has 0 aromatic carbocycles. The predicted octanol–water partition coefficient (Wildman–Crippen LogP) is 0.765. The third-order valence-electron chi connectivity index (χ3n) is 5.80. The number of methoxy groups -OCH3 is 7. The number of rotatable bonds is 12. The van der Waals surface area contributed by atoms with E-state index in [-0.39, 0.29) is 0 Å². The summed E-state index contributed by atoms with van der Waals surface area (Å²) in [7, 11) is 11.1. The zero-order chi connectivity index (χ0) is 23.0. The second-order valence-corrected chi connectivity index (χ2v) is 7.40. The van der Waals surface area contributed by atoms with Crippen molar-refractivity contribution in [1.82, 2.24) is 0 Å². The first kappa shape index (κ1) is 26.6. The molecule has 0 bridgehead atoms. The molecule has 0 aromatic heterocycles. The second kappa shape index (κ2) is 13.1. The Balaban J connectivity index is 2.33. The number of ether oxygens (including phenoxy) is 10. The molecule has 0 spiro atoms. The van der Waals surface area contributed by atoms with Crippen molar-refractivity contribution < 1.29 is 47.4 Å². The van der Waals surface area contributed by atoms with Crippen molar-refractivity contribution in [1.29, 1.82) is 0 Å². The van der Waals surface area contributed by atoms with E-state index in [1.165, 1.54) is 0 Å². The summed E-state index contributed by atoms with van der Waals surface area (Å²) in [4.78, 5) is 0. The van der Waals surface area contributed by atoms with Crippen LogP contribution in [0, 0.1) is 0 Å². The summed E-state index contributed by atoms with van der Waals surface area (Å²) < 4.78 is 58.0. The molecule has 2 saturated heterocycles. The van der Waals surface area contributed by atoms with Crippen molar-refractivity contribution >= 4 is 0 Å². The van der Waals surface area contributed by atoms with Gasteiger partial charge in [-0.2, -0.15) is 0 Å². The standard InChI is InChI=1S/C21H38O10/c1-9-10-12-15(17(25-5)18(26-6)20(28-8)29-12)31-21-19(27-7)16(24-4)14(23-3)13(30-21)11-22-2/h9,12-21H,1,10-11H2,2-8H3/t12-,13-,14-,15-,16+,17+,18-,19-,20-,21-/m1/s1. The highest BCUT2D eigenvalue weighted by molar-refractivity contribution is 4.97. The maximum absolute atomic E-state index is 6.46. The molecule has 0 aliphatic carbocycles. The Hall–Kier alpha value is -0.660. The average molecular weight is 451 g/mol. The van der Waals surface area contributed by atoms with Crippen molar-refractivity contribution in [2.75, 3.05) is 56.4 Å². The highest BCUT2D eigenvalue weighted by Crippen LogP contribution is 2.34. The predicted molar refractivity (Wildman–Crippen MR) is 110 cm³/mol. The van der Waals surface area contributed by atoms with E-state index in [0.29, 0.717) is 13.0 Å². The Bertz CT molecular complexity index is 520. The second-order valence-electron chi connectivity index (χ2n) is 7.40. The number of hydrogen-bond donors (Lipinski definition) is 0. The lowest BCUT2D eigenvalue weighted by molar-refractivity contribution is -0.363. The van der Waals surface area contributed by atoms with Crippen molar-refractivity contribution in [3.63, 3.8) is 0 Å². The van der Waals surface area contributed by atoms with Crippen LogP contribution >= 0.6 is 0 Å². The van der Waals surface area contributed by atoms with Crippen LogP contribution in [0.1, 0.15) is 6.42 Å². The van der Waals surface area contributed by atoms with Crippen LogP contribution in [0.5, 0.6) is 0 Å². The van der Waals surface area contributed by atoms with E-state index < -0.39 is 61.4 Å². The summed E-state index contributed by atoms with van der Waals surface area (Å²) in [6, 6.07) is 0. The van der Waals surface area contributed by atoms with Crippen molar-refractivity contribution in [3.05, 3.63) is 12.7 Å². The minimum atomic E-state index is -0.795. The molecular formula is C21H38O10. The minimum Gasteiger partial charge on any atom is -0.382 e. The maximum atomic E-state index is 6.46. The fourth-order valence-corrected chi connectivity index (χ4v) is 4.35. The molecule has 31 heavy (non-hydrogen) atoms. The third kappa shape index (κ3) is 5.83. The first-order chi connectivity index (χ1) is 15.0. The topological polar surface area (TPSA) is 92.3 Å². The van der Waals surface area contributed by atoms with Gasteiger partial charge < -0.3 is 47.4 Å². The Morgan fingerprint density at radius 3 is 1.61 bits per heavy atom. The Labute approximate surface area is 184 Å². The molecule has 0 N–H and O–H groups in total. The summed E-state index contributed by atoms with van der Waals surface area (Å²) >= 11 is 0. The van der Waals surface area contributed by atoms with E-state index in [1.54, 1.807) is 55.8 Å². The highest BCUT2D eigenvalue weighted by Gasteiger charge is 2.53. The summed E-state index contributed by atoms with van der Waals surface area (Å²) in [5, 5.41) is 0. The van der Waals surface area contributed by atoms with Gasteiger partial charge in [-0.25, -0.2) is 0 Å². The molecule has 182 valence electrons. The maximum Gasteiger partial charge on any atom is 0.187 e. The van der Waals surface area contributed by atoms with Gasteiger partial charge in [-0.15, -0.1) is 6.58 Å². The van der Waals surface area contributed by atoms with E-state index in [1.807, 2.05) is 0 Å². The molecule has 2 aliphatic rings. The molecule has 10 atom stereocenters. The molecule has 2 fully saturated rings. The summed E-state index contributed by atoms with van der Waals surface area (Å²) in [6.45, 7) is 4.13. The van der Waals surface area contributed by atoms with Crippen LogP contribution < -0.4 is 0 Å². The SMILES string of the molecule is C=CC[C@H]1O[C@@H](OC)[C@H](OC)[C@@H](OC)[C@@H]1O[C@H]1O[C@H](COC)[C@@H](OC)[C@H](OC)[C@H]1OC. The zero-order valence-electron chi connectivity index (χ0n) is 19.6. The molecule has 2 aliphatic heterocycles. The molecule has 0 aromatic rings. The normalized spacial score (nSPS) is 41.3. The molecular weight excluding hydrogens is 412 g/mol. The van der Waals surface area contributed by atoms with Gasteiger partial charge in [0.2, 0.25) is 0 Å². The first-order valence-electron chi connectivity index (χ1n) is 10.3. The van der Waals surface area contributed by atoms with Gasteiger partial charge in [-0.1, -0.05) is 6.08 Å². The van der Waals surface area contributed by atoms with Crippen LogP contribution in [0.2, 0.25) is 0 Å². The Morgan fingerprint density at radius 1 is 0.613 bits per heavy atom. The van der Waals surface area contributed by atoms with Crippen LogP contribution in [0.3, 0.4) is 0 Å². The minimum absolute atomic E-state index is 0.298. The summed E-state index contributed by atoms with van der Waals surface area (Å²) in [5.41, 5.74) is 0. The van der Waals surface area contributed by atoms with E-state index in [4.69, 9.17) is 47.4 Å². The van der Waals surface area contributed by atoms with Crippen LogP contribution in [0.25, 0.3) is 0 Å². The first-order valence-corrected chi connectivity index (χ1v) is 10.3. The van der Waals surface area contributed by atoms with Crippen molar-refractivity contribution in [2.24, 2.45) is 0 Å². The van der Waals surface area contributed by atoms with Gasteiger partial charge in [0.05, 0.1) is 12.7 Å². The van der Waals surface area contributed by atoms with Crippen LogP contribution in [-0.2, 0) is 47.4 Å². The van der Waals surface area contributed by atoms with Gasteiger partial charge in [0.15, 0.2) is 12.6 Å². The van der Waals surface area contributed by atoms with Crippen LogP contribution in [-0.4, -0.2) is 118 Å². The quantitative estimate of drug-likeness (QED) is 0.397. The lowest BCUT2D eigenvalue weighted by Gasteiger charge is -2.49. The van der Waals surface area contributed by atoms with Gasteiger partial charge in [-0.3, -0.25) is 0 Å². The fourth-order valence-electron chi connectivity index (χ4n) is 4.35. The smallest absolute Gasteiger partial charge is 0.187 e. The molecule has 0 radical (unpaired) electrons. The van der Waals surface area contributed by atoms with Gasteiger partial charge in [-0.05, 0) is 6.42 Å².